The van der Waals surface area contributed by atoms with Crippen molar-refractivity contribution in [3.8, 4) is 0 Å². The maximum atomic E-state index is 10.3. The summed E-state index contributed by atoms with van der Waals surface area (Å²) in [5, 5.41) is 8.46. The van der Waals surface area contributed by atoms with Gasteiger partial charge in [0, 0.05) is 31.4 Å². The van der Waals surface area contributed by atoms with Gasteiger partial charge in [-0.25, -0.2) is 4.79 Å². The van der Waals surface area contributed by atoms with Gasteiger partial charge < -0.3 is 14.9 Å². The fourth-order valence-electron chi connectivity index (χ4n) is 1.72. The van der Waals surface area contributed by atoms with E-state index in [1.54, 1.807) is 6.20 Å². The molecule has 0 aromatic heterocycles. The quantitative estimate of drug-likeness (QED) is 0.675. The average molecular weight is 198 g/mol. The molecule has 0 saturated carbocycles. The molecule has 0 bridgehead atoms. The zero-order chi connectivity index (χ0) is 10.6. The normalized spacial score (nSPS) is 19.5. The monoisotopic (exact) mass is 198 g/mol. The highest BCUT2D eigenvalue weighted by molar-refractivity contribution is 5.79. The van der Waals surface area contributed by atoms with Gasteiger partial charge >= 0.3 is 5.97 Å². The highest BCUT2D eigenvalue weighted by atomic mass is 16.4. The van der Waals surface area contributed by atoms with Crippen LogP contribution in [0.5, 0.6) is 0 Å². The Labute approximate surface area is 84.8 Å². The molecule has 0 amide bonds. The van der Waals surface area contributed by atoms with Crippen molar-refractivity contribution in [1.29, 1.82) is 0 Å². The predicted octanol–water partition coefficient (Wildman–Crippen LogP) is 0.611. The lowest BCUT2D eigenvalue weighted by Crippen LogP contribution is -2.39. The largest absolute Gasteiger partial charge is 0.478 e. The van der Waals surface area contributed by atoms with Crippen molar-refractivity contribution >= 4 is 5.97 Å². The van der Waals surface area contributed by atoms with Crippen LogP contribution in [0, 0.1) is 0 Å². The second-order valence-electron chi connectivity index (χ2n) is 3.88. The average Bonchev–Trinajstić information content (AvgIpc) is 2.15. The summed E-state index contributed by atoms with van der Waals surface area (Å²) in [5.41, 5.74) is 0. The molecule has 1 aliphatic rings. The van der Waals surface area contributed by atoms with Crippen molar-refractivity contribution < 1.29 is 9.90 Å². The van der Waals surface area contributed by atoms with Gasteiger partial charge in [0.15, 0.2) is 0 Å². The summed E-state index contributed by atoms with van der Waals surface area (Å²) >= 11 is 0. The van der Waals surface area contributed by atoms with Gasteiger partial charge in [0.05, 0.1) is 0 Å². The Bertz CT molecular complexity index is 218. The van der Waals surface area contributed by atoms with E-state index in [2.05, 4.69) is 23.9 Å². The number of carboxylic acid groups (broad SMARTS) is 1. The Morgan fingerprint density at radius 2 is 2.00 bits per heavy atom. The minimum absolute atomic E-state index is 0.643. The number of rotatable bonds is 3. The first-order chi connectivity index (χ1) is 6.59. The molecule has 0 aliphatic carbocycles. The van der Waals surface area contributed by atoms with Gasteiger partial charge in [-0.1, -0.05) is 0 Å². The molecule has 80 valence electrons. The first-order valence-corrected chi connectivity index (χ1v) is 4.91. The van der Waals surface area contributed by atoms with Gasteiger partial charge in [0.1, 0.15) is 0 Å². The highest BCUT2D eigenvalue weighted by Gasteiger charge is 2.18. The van der Waals surface area contributed by atoms with E-state index in [0.717, 1.165) is 25.9 Å². The van der Waals surface area contributed by atoms with E-state index in [1.807, 2.05) is 0 Å². The van der Waals surface area contributed by atoms with E-state index in [4.69, 9.17) is 5.11 Å². The molecule has 1 N–H and O–H groups in total. The fraction of sp³-hybridized carbons (Fsp3) is 0.700. The molecule has 4 nitrogen and oxygen atoms in total. The molecular weight excluding hydrogens is 180 g/mol. The van der Waals surface area contributed by atoms with Gasteiger partial charge in [0.25, 0.3) is 0 Å². The number of aliphatic carboxylic acids is 1. The van der Waals surface area contributed by atoms with E-state index in [9.17, 15) is 4.79 Å². The molecule has 4 heteroatoms. The molecule has 0 aromatic rings. The maximum absolute atomic E-state index is 10.3. The van der Waals surface area contributed by atoms with Gasteiger partial charge in [-0.2, -0.15) is 0 Å². The van der Waals surface area contributed by atoms with Crippen molar-refractivity contribution in [2.75, 3.05) is 27.2 Å². The number of hydrogen-bond acceptors (Lipinski definition) is 3. The second kappa shape index (κ2) is 5.00. The van der Waals surface area contributed by atoms with Crippen LogP contribution in [0.15, 0.2) is 12.3 Å². The van der Waals surface area contributed by atoms with Crippen LogP contribution in [0.1, 0.15) is 12.8 Å². The molecule has 1 aliphatic heterocycles. The molecule has 1 heterocycles. The van der Waals surface area contributed by atoms with Crippen LogP contribution < -0.4 is 0 Å². The summed E-state index contributed by atoms with van der Waals surface area (Å²) in [6.45, 7) is 1.90. The Morgan fingerprint density at radius 3 is 2.43 bits per heavy atom. The van der Waals surface area contributed by atoms with Crippen molar-refractivity contribution in [2.24, 2.45) is 0 Å². The highest BCUT2D eigenvalue weighted by Crippen LogP contribution is 2.13. The van der Waals surface area contributed by atoms with E-state index in [-0.39, 0.29) is 0 Å². The molecule has 0 spiro atoms. The molecule has 14 heavy (non-hydrogen) atoms. The van der Waals surface area contributed by atoms with Gasteiger partial charge in [0.2, 0.25) is 0 Å². The summed E-state index contributed by atoms with van der Waals surface area (Å²) in [4.78, 5) is 14.6. The molecule has 1 fully saturated rings. The van der Waals surface area contributed by atoms with Crippen LogP contribution in [0.3, 0.4) is 0 Å². The topological polar surface area (TPSA) is 43.8 Å². The van der Waals surface area contributed by atoms with Crippen LogP contribution in [0.25, 0.3) is 0 Å². The first-order valence-electron chi connectivity index (χ1n) is 4.91. The first kappa shape index (κ1) is 11.0. The number of piperidine rings is 1. The Hall–Kier alpha value is -1.03. The Morgan fingerprint density at radius 1 is 1.43 bits per heavy atom. The van der Waals surface area contributed by atoms with Crippen molar-refractivity contribution in [3.05, 3.63) is 12.3 Å². The molecule has 0 radical (unpaired) electrons. The van der Waals surface area contributed by atoms with Gasteiger partial charge in [-0.3, -0.25) is 0 Å². The lowest BCUT2D eigenvalue weighted by molar-refractivity contribution is -0.131. The minimum Gasteiger partial charge on any atom is -0.478 e. The number of hydrogen-bond donors (Lipinski definition) is 1. The molecule has 0 unspecified atom stereocenters. The van der Waals surface area contributed by atoms with Crippen LogP contribution in [-0.4, -0.2) is 54.1 Å². The maximum Gasteiger partial charge on any atom is 0.329 e. The van der Waals surface area contributed by atoms with E-state index in [0.29, 0.717) is 6.04 Å². The molecule has 1 rings (SSSR count). The summed E-state index contributed by atoms with van der Waals surface area (Å²) in [5.74, 6) is -0.875. The van der Waals surface area contributed by atoms with Crippen molar-refractivity contribution in [1.82, 2.24) is 9.80 Å². The third kappa shape index (κ3) is 3.38. The van der Waals surface area contributed by atoms with Crippen LogP contribution in [-0.2, 0) is 4.79 Å². The molecule has 1 saturated heterocycles. The lowest BCUT2D eigenvalue weighted by Gasteiger charge is -2.34. The molecule has 0 atom stereocenters. The second-order valence-corrected chi connectivity index (χ2v) is 3.88. The third-order valence-corrected chi connectivity index (χ3v) is 2.66. The van der Waals surface area contributed by atoms with E-state index >= 15 is 0 Å². The Kier molecular flexibility index (Phi) is 3.95. The number of carboxylic acids is 1. The van der Waals surface area contributed by atoms with E-state index in [1.165, 1.54) is 6.08 Å². The predicted molar refractivity (Wildman–Crippen MR) is 55.1 cm³/mol. The summed E-state index contributed by atoms with van der Waals surface area (Å²) in [6, 6.07) is 0.643. The SMILES string of the molecule is CN(C)C1CCN(/C=C/C(=O)O)CC1. The van der Waals surface area contributed by atoms with Gasteiger partial charge in [-0.05, 0) is 26.9 Å². The lowest BCUT2D eigenvalue weighted by atomic mass is 10.0. The molecular formula is C10H18N2O2. The number of likely N-dealkylation sites (tertiary alicyclic amines) is 1. The van der Waals surface area contributed by atoms with Crippen LogP contribution in [0.4, 0.5) is 0 Å². The summed E-state index contributed by atoms with van der Waals surface area (Å²) in [6.07, 6.45) is 5.10. The zero-order valence-corrected chi connectivity index (χ0v) is 8.81. The summed E-state index contributed by atoms with van der Waals surface area (Å²) in [7, 11) is 4.18. The fourth-order valence-corrected chi connectivity index (χ4v) is 1.72. The zero-order valence-electron chi connectivity index (χ0n) is 8.81. The number of nitrogens with zero attached hydrogens (tertiary/aromatic N) is 2. The van der Waals surface area contributed by atoms with Crippen molar-refractivity contribution in [3.63, 3.8) is 0 Å². The standard InChI is InChI=1S/C10H18N2O2/c1-11(2)9-3-6-12(7-4-9)8-5-10(13)14/h5,8-9H,3-4,6-7H2,1-2H3,(H,13,14)/b8-5+. The van der Waals surface area contributed by atoms with E-state index < -0.39 is 5.97 Å². The van der Waals surface area contributed by atoms with Crippen LogP contribution in [0.2, 0.25) is 0 Å². The van der Waals surface area contributed by atoms with Gasteiger partial charge in [-0.15, -0.1) is 0 Å². The Balaban J connectivity index is 2.32. The number of carbonyl (C=O) groups is 1. The smallest absolute Gasteiger partial charge is 0.329 e. The van der Waals surface area contributed by atoms with Crippen LogP contribution >= 0.6 is 0 Å². The molecule has 0 aromatic carbocycles. The minimum atomic E-state index is -0.875. The summed E-state index contributed by atoms with van der Waals surface area (Å²) < 4.78 is 0. The van der Waals surface area contributed by atoms with Crippen molar-refractivity contribution in [2.45, 2.75) is 18.9 Å². The third-order valence-electron chi connectivity index (χ3n) is 2.66.